The minimum absolute atomic E-state index is 0.0735. The Morgan fingerprint density at radius 1 is 1.23 bits per heavy atom. The number of nitrogens with one attached hydrogen (secondary N) is 1. The van der Waals surface area contributed by atoms with Crippen LogP contribution in [0.3, 0.4) is 0 Å². The lowest BCUT2D eigenvalue weighted by atomic mass is 10.0. The second kappa shape index (κ2) is 8.91. The predicted octanol–water partition coefficient (Wildman–Crippen LogP) is 1.60. The van der Waals surface area contributed by atoms with E-state index in [1.54, 1.807) is 24.0 Å². The van der Waals surface area contributed by atoms with Crippen molar-refractivity contribution in [2.24, 2.45) is 5.92 Å². The van der Waals surface area contributed by atoms with Crippen LogP contribution in [0.4, 0.5) is 0 Å². The van der Waals surface area contributed by atoms with Gasteiger partial charge >= 0.3 is 0 Å². The lowest BCUT2D eigenvalue weighted by Crippen LogP contribution is -3.14. The molecule has 1 heterocycles. The summed E-state index contributed by atoms with van der Waals surface area (Å²) in [4.78, 5) is 12.8. The van der Waals surface area contributed by atoms with Crippen LogP contribution in [0.25, 0.3) is 0 Å². The van der Waals surface area contributed by atoms with Gasteiger partial charge in [0.15, 0.2) is 5.78 Å². The molecule has 0 spiro atoms. The van der Waals surface area contributed by atoms with E-state index in [9.17, 15) is 4.79 Å². The Morgan fingerprint density at radius 2 is 2.00 bits per heavy atom. The summed E-state index contributed by atoms with van der Waals surface area (Å²) in [6.07, 6.45) is 2.72. The van der Waals surface area contributed by atoms with Gasteiger partial charge < -0.3 is 14.4 Å². The fourth-order valence-corrected chi connectivity index (χ4v) is 2.95. The molecular weight excluding hydrogens is 278 g/mol. The van der Waals surface area contributed by atoms with E-state index in [2.05, 4.69) is 6.92 Å². The van der Waals surface area contributed by atoms with Crippen LogP contribution in [0.5, 0.6) is 5.75 Å². The SMILES string of the molecule is CC(=O)c1ccc(OCCOCC[NH+]2CCC[C@@H](C)C2)cc1. The van der Waals surface area contributed by atoms with E-state index in [4.69, 9.17) is 9.47 Å². The number of hydrogen-bond donors (Lipinski definition) is 1. The van der Waals surface area contributed by atoms with Crippen molar-refractivity contribution in [2.45, 2.75) is 26.7 Å². The van der Waals surface area contributed by atoms with Crippen LogP contribution in [0.1, 0.15) is 37.0 Å². The zero-order valence-electron chi connectivity index (χ0n) is 13.8. The van der Waals surface area contributed by atoms with Crippen LogP contribution >= 0.6 is 0 Å². The number of carbonyl (C=O) groups excluding carboxylic acids is 1. The number of likely N-dealkylation sites (tertiary alicyclic amines) is 1. The molecule has 22 heavy (non-hydrogen) atoms. The molecular formula is C18H28NO3+. The van der Waals surface area contributed by atoms with Gasteiger partial charge in [0.1, 0.15) is 18.9 Å². The van der Waals surface area contributed by atoms with E-state index in [-0.39, 0.29) is 5.78 Å². The van der Waals surface area contributed by atoms with Crippen LogP contribution in [-0.4, -0.2) is 45.2 Å². The van der Waals surface area contributed by atoms with Crippen LogP contribution in [0, 0.1) is 5.92 Å². The van der Waals surface area contributed by atoms with Gasteiger partial charge in [0.2, 0.25) is 0 Å². The van der Waals surface area contributed by atoms with E-state index < -0.39 is 0 Å². The first kappa shape index (κ1) is 17.0. The van der Waals surface area contributed by atoms with Crippen molar-refractivity contribution in [1.82, 2.24) is 0 Å². The maximum Gasteiger partial charge on any atom is 0.159 e. The van der Waals surface area contributed by atoms with Crippen molar-refractivity contribution in [3.05, 3.63) is 29.8 Å². The smallest absolute Gasteiger partial charge is 0.159 e. The Kier molecular flexibility index (Phi) is 6.87. The molecule has 0 aliphatic carbocycles. The molecule has 0 aromatic heterocycles. The Labute approximate surface area is 133 Å². The molecule has 0 amide bonds. The summed E-state index contributed by atoms with van der Waals surface area (Å²) in [6.45, 7) is 9.52. The van der Waals surface area contributed by atoms with E-state index in [1.165, 1.54) is 25.9 Å². The highest BCUT2D eigenvalue weighted by Crippen LogP contribution is 2.12. The second-order valence-electron chi connectivity index (χ2n) is 6.24. The van der Waals surface area contributed by atoms with Crippen LogP contribution < -0.4 is 9.64 Å². The molecule has 1 aromatic carbocycles. The fraction of sp³-hybridized carbons (Fsp3) is 0.611. The molecule has 0 bridgehead atoms. The molecule has 2 atom stereocenters. The van der Waals surface area contributed by atoms with Gasteiger partial charge in [-0.3, -0.25) is 4.79 Å². The van der Waals surface area contributed by atoms with Crippen molar-refractivity contribution in [2.75, 3.05) is 39.5 Å². The van der Waals surface area contributed by atoms with Gasteiger partial charge in [-0.15, -0.1) is 0 Å². The van der Waals surface area contributed by atoms with Crippen LogP contribution in [-0.2, 0) is 4.74 Å². The van der Waals surface area contributed by atoms with E-state index >= 15 is 0 Å². The molecule has 0 radical (unpaired) electrons. The summed E-state index contributed by atoms with van der Waals surface area (Å²) in [5.41, 5.74) is 0.710. The van der Waals surface area contributed by atoms with Crippen molar-refractivity contribution >= 4 is 5.78 Å². The summed E-state index contributed by atoms with van der Waals surface area (Å²) in [5, 5.41) is 0. The zero-order valence-corrected chi connectivity index (χ0v) is 13.8. The molecule has 4 heteroatoms. The van der Waals surface area contributed by atoms with Gasteiger partial charge in [-0.2, -0.15) is 0 Å². The normalized spacial score (nSPS) is 21.5. The Hall–Kier alpha value is -1.39. The highest BCUT2D eigenvalue weighted by molar-refractivity contribution is 5.94. The van der Waals surface area contributed by atoms with Crippen LogP contribution in [0.2, 0.25) is 0 Å². The monoisotopic (exact) mass is 306 g/mol. The number of piperidine rings is 1. The molecule has 1 N–H and O–H groups in total. The molecule has 0 saturated carbocycles. The number of quaternary nitrogens is 1. The maximum absolute atomic E-state index is 11.2. The van der Waals surface area contributed by atoms with E-state index in [0.717, 1.165) is 24.8 Å². The first-order chi connectivity index (χ1) is 10.6. The number of ether oxygens (including phenoxy) is 2. The van der Waals surface area contributed by atoms with Crippen molar-refractivity contribution in [3.63, 3.8) is 0 Å². The van der Waals surface area contributed by atoms with Gasteiger partial charge in [0.05, 0.1) is 26.3 Å². The van der Waals surface area contributed by atoms with Gasteiger partial charge in [0.25, 0.3) is 0 Å². The van der Waals surface area contributed by atoms with Gasteiger partial charge in [-0.1, -0.05) is 6.92 Å². The average Bonchev–Trinajstić information content (AvgIpc) is 2.51. The second-order valence-corrected chi connectivity index (χ2v) is 6.24. The third kappa shape index (κ3) is 5.78. The largest absolute Gasteiger partial charge is 0.491 e. The molecule has 122 valence electrons. The van der Waals surface area contributed by atoms with E-state index in [1.807, 2.05) is 12.1 Å². The molecule has 1 fully saturated rings. The third-order valence-corrected chi connectivity index (χ3v) is 4.22. The van der Waals surface area contributed by atoms with Crippen LogP contribution in [0.15, 0.2) is 24.3 Å². The first-order valence-electron chi connectivity index (χ1n) is 8.30. The van der Waals surface area contributed by atoms with Gasteiger partial charge in [0, 0.05) is 11.5 Å². The lowest BCUT2D eigenvalue weighted by molar-refractivity contribution is -0.908. The highest BCUT2D eigenvalue weighted by atomic mass is 16.5. The number of hydrogen-bond acceptors (Lipinski definition) is 3. The quantitative estimate of drug-likeness (QED) is 0.586. The molecule has 1 saturated heterocycles. The summed E-state index contributed by atoms with van der Waals surface area (Å²) >= 11 is 0. The lowest BCUT2D eigenvalue weighted by Gasteiger charge is -2.27. The van der Waals surface area contributed by atoms with Gasteiger partial charge in [-0.25, -0.2) is 0 Å². The summed E-state index contributed by atoms with van der Waals surface area (Å²) in [5.74, 6) is 1.71. The molecule has 1 aliphatic heterocycles. The van der Waals surface area contributed by atoms with E-state index in [0.29, 0.717) is 18.8 Å². The number of benzene rings is 1. The molecule has 2 rings (SSSR count). The standard InChI is InChI=1S/C18H27NO3/c1-15-4-3-9-19(14-15)10-11-21-12-13-22-18-7-5-17(6-8-18)16(2)20/h5-8,15H,3-4,9-14H2,1-2H3/p+1/t15-/m1/s1. The predicted molar refractivity (Wildman–Crippen MR) is 86.7 cm³/mol. The topological polar surface area (TPSA) is 40.0 Å². The maximum atomic E-state index is 11.2. The number of Topliss-reactive ketones (excluding diaryl/α,β-unsaturated/α-hetero) is 1. The molecule has 4 nitrogen and oxygen atoms in total. The molecule has 1 aromatic rings. The van der Waals surface area contributed by atoms with Crippen molar-refractivity contribution in [1.29, 1.82) is 0 Å². The highest BCUT2D eigenvalue weighted by Gasteiger charge is 2.18. The molecule has 1 unspecified atom stereocenters. The Balaban J connectivity index is 1.54. The molecule has 1 aliphatic rings. The minimum Gasteiger partial charge on any atom is -0.491 e. The summed E-state index contributed by atoms with van der Waals surface area (Å²) < 4.78 is 11.3. The average molecular weight is 306 g/mol. The third-order valence-electron chi connectivity index (χ3n) is 4.22. The Bertz CT molecular complexity index is 458. The summed E-state index contributed by atoms with van der Waals surface area (Å²) in [7, 11) is 0. The number of carbonyl (C=O) groups is 1. The van der Waals surface area contributed by atoms with Crippen molar-refractivity contribution in [3.8, 4) is 5.75 Å². The van der Waals surface area contributed by atoms with Gasteiger partial charge in [-0.05, 0) is 44.0 Å². The first-order valence-corrected chi connectivity index (χ1v) is 8.30. The number of rotatable bonds is 8. The minimum atomic E-state index is 0.0735. The summed E-state index contributed by atoms with van der Waals surface area (Å²) in [6, 6.07) is 7.24. The fourth-order valence-electron chi connectivity index (χ4n) is 2.95. The Morgan fingerprint density at radius 3 is 2.68 bits per heavy atom. The zero-order chi connectivity index (χ0) is 15.8. The van der Waals surface area contributed by atoms with Crippen molar-refractivity contribution < 1.29 is 19.2 Å². The number of ketones is 1.